The number of carboxylic acid groups (broad SMARTS) is 1. The molecular formula is C26H36FN5O3. The molecule has 4 rings (SSSR count). The van der Waals surface area contributed by atoms with Gasteiger partial charge < -0.3 is 21.9 Å². The molecule has 8 nitrogen and oxygen atoms in total. The van der Waals surface area contributed by atoms with E-state index in [0.29, 0.717) is 37.1 Å². The highest BCUT2D eigenvalue weighted by Gasteiger charge is 2.32. The quantitative estimate of drug-likeness (QED) is 0.473. The van der Waals surface area contributed by atoms with E-state index in [1.165, 1.54) is 11.6 Å². The lowest BCUT2D eigenvalue weighted by Crippen LogP contribution is -2.41. The Bertz CT molecular complexity index is 1130. The molecule has 35 heavy (non-hydrogen) atoms. The number of nitrogens with one attached hydrogen (secondary N) is 1. The number of halogens is 1. The van der Waals surface area contributed by atoms with Crippen molar-refractivity contribution in [3.05, 3.63) is 40.5 Å². The Hall–Kier alpha value is -2.94. The van der Waals surface area contributed by atoms with Crippen LogP contribution in [0.5, 0.6) is 0 Å². The molecule has 1 unspecified atom stereocenters. The highest BCUT2D eigenvalue weighted by molar-refractivity contribution is 5.99. The number of primary amides is 1. The molecule has 2 aromatic rings. The number of carbonyl (C=O) groups excluding carboxylic acids is 1. The van der Waals surface area contributed by atoms with Crippen LogP contribution in [0.1, 0.15) is 80.2 Å². The Labute approximate surface area is 205 Å². The molecule has 9 heteroatoms. The third-order valence-electron chi connectivity index (χ3n) is 7.70. The van der Waals surface area contributed by atoms with Gasteiger partial charge in [-0.1, -0.05) is 20.8 Å². The predicted octanol–water partition coefficient (Wildman–Crippen LogP) is 3.57. The molecule has 2 aliphatic carbocycles. The molecular weight excluding hydrogens is 449 g/mol. The minimum Gasteiger partial charge on any atom is -0.480 e. The average molecular weight is 486 g/mol. The SMILES string of the molecule is CCc1nn(-c2cc(F)c(C(N)=O)c(N[C@H]3CC[C@H](C(N)C(=O)O)CC3)c2)c2c1CCC(C)(C)C2. The van der Waals surface area contributed by atoms with Crippen LogP contribution in [0, 0.1) is 17.2 Å². The first-order valence-corrected chi connectivity index (χ1v) is 12.5. The van der Waals surface area contributed by atoms with Crippen molar-refractivity contribution >= 4 is 17.6 Å². The molecule has 1 saturated carbocycles. The van der Waals surface area contributed by atoms with Crippen LogP contribution in [-0.2, 0) is 24.1 Å². The number of hydrogen-bond acceptors (Lipinski definition) is 5. The first-order valence-electron chi connectivity index (χ1n) is 12.5. The summed E-state index contributed by atoms with van der Waals surface area (Å²) >= 11 is 0. The Balaban J connectivity index is 1.67. The normalized spacial score (nSPS) is 22.3. The molecule has 0 aliphatic heterocycles. The number of fused-ring (bicyclic) bond motifs is 1. The van der Waals surface area contributed by atoms with Crippen molar-refractivity contribution in [1.82, 2.24) is 9.78 Å². The van der Waals surface area contributed by atoms with E-state index in [1.54, 1.807) is 6.07 Å². The summed E-state index contributed by atoms with van der Waals surface area (Å²) in [6.45, 7) is 6.54. The number of anilines is 1. The number of aromatic nitrogens is 2. The van der Waals surface area contributed by atoms with Crippen molar-refractivity contribution < 1.29 is 19.1 Å². The summed E-state index contributed by atoms with van der Waals surface area (Å²) in [6.07, 6.45) is 6.27. The molecule has 0 saturated heterocycles. The van der Waals surface area contributed by atoms with E-state index in [-0.39, 0.29) is 22.9 Å². The maximum atomic E-state index is 15.3. The number of rotatable bonds is 7. The second-order valence-electron chi connectivity index (χ2n) is 10.8. The molecule has 1 aromatic carbocycles. The Morgan fingerprint density at radius 1 is 1.29 bits per heavy atom. The Morgan fingerprint density at radius 2 is 1.97 bits per heavy atom. The van der Waals surface area contributed by atoms with Crippen LogP contribution >= 0.6 is 0 Å². The molecule has 0 spiro atoms. The van der Waals surface area contributed by atoms with Gasteiger partial charge in [0.2, 0.25) is 0 Å². The van der Waals surface area contributed by atoms with Gasteiger partial charge in [-0.2, -0.15) is 5.10 Å². The molecule has 190 valence electrons. The fraction of sp³-hybridized carbons (Fsp3) is 0.577. The van der Waals surface area contributed by atoms with Gasteiger partial charge in [-0.25, -0.2) is 9.07 Å². The Morgan fingerprint density at radius 3 is 2.57 bits per heavy atom. The number of nitrogens with two attached hydrogens (primary N) is 2. The summed E-state index contributed by atoms with van der Waals surface area (Å²) in [6, 6.07) is 2.16. The maximum absolute atomic E-state index is 15.3. The largest absolute Gasteiger partial charge is 0.480 e. The topological polar surface area (TPSA) is 136 Å². The molecule has 2 aliphatic rings. The van der Waals surface area contributed by atoms with Crippen molar-refractivity contribution in [2.24, 2.45) is 22.8 Å². The summed E-state index contributed by atoms with van der Waals surface area (Å²) < 4.78 is 17.1. The zero-order valence-electron chi connectivity index (χ0n) is 20.7. The predicted molar refractivity (Wildman–Crippen MR) is 132 cm³/mol. The minimum absolute atomic E-state index is 0.0448. The van der Waals surface area contributed by atoms with Crippen LogP contribution in [-0.4, -0.2) is 38.8 Å². The molecule has 1 aromatic heterocycles. The fourth-order valence-electron chi connectivity index (χ4n) is 5.63. The van der Waals surface area contributed by atoms with Crippen LogP contribution in [0.25, 0.3) is 5.69 Å². The standard InChI is InChI=1S/C26H36FN5O3/c1-4-19-17-9-10-26(2,3)13-21(17)32(31-19)16-11-18(27)22(24(29)33)20(12-16)30-15-7-5-14(6-8-15)23(28)25(34)35/h11-12,14-15,23,30H,4-10,13,28H2,1-3H3,(H2,29,33)(H,34,35)/t14-,15-,23?. The number of carbonyl (C=O) groups is 2. The van der Waals surface area contributed by atoms with Crippen molar-refractivity contribution in [1.29, 1.82) is 0 Å². The molecule has 0 bridgehead atoms. The van der Waals surface area contributed by atoms with E-state index in [9.17, 15) is 14.7 Å². The first-order chi connectivity index (χ1) is 16.5. The van der Waals surface area contributed by atoms with E-state index in [0.717, 1.165) is 37.1 Å². The molecule has 0 radical (unpaired) electrons. The lowest BCUT2D eigenvalue weighted by atomic mass is 9.76. The number of hydrogen-bond donors (Lipinski definition) is 4. The van der Waals surface area contributed by atoms with Gasteiger partial charge >= 0.3 is 5.97 Å². The highest BCUT2D eigenvalue weighted by Crippen LogP contribution is 2.38. The molecule has 1 fully saturated rings. The third kappa shape index (κ3) is 5.05. The zero-order chi connectivity index (χ0) is 25.5. The number of benzene rings is 1. The Kier molecular flexibility index (Phi) is 6.90. The van der Waals surface area contributed by atoms with Gasteiger partial charge in [-0.3, -0.25) is 9.59 Å². The van der Waals surface area contributed by atoms with E-state index >= 15 is 4.39 Å². The number of carboxylic acids is 1. The summed E-state index contributed by atoms with van der Waals surface area (Å²) in [4.78, 5) is 23.4. The van der Waals surface area contributed by atoms with Gasteiger partial charge in [-0.15, -0.1) is 0 Å². The average Bonchev–Trinajstić information content (AvgIpc) is 3.15. The molecule has 1 heterocycles. The third-order valence-corrected chi connectivity index (χ3v) is 7.70. The second-order valence-corrected chi connectivity index (χ2v) is 10.8. The van der Waals surface area contributed by atoms with E-state index in [2.05, 4.69) is 26.1 Å². The van der Waals surface area contributed by atoms with E-state index in [4.69, 9.17) is 16.6 Å². The maximum Gasteiger partial charge on any atom is 0.320 e. The summed E-state index contributed by atoms with van der Waals surface area (Å²) in [5, 5.41) is 17.3. The summed E-state index contributed by atoms with van der Waals surface area (Å²) in [7, 11) is 0. The van der Waals surface area contributed by atoms with Gasteiger partial charge in [-0.05, 0) is 74.3 Å². The van der Waals surface area contributed by atoms with E-state index in [1.807, 2.05) is 4.68 Å². The summed E-state index contributed by atoms with van der Waals surface area (Å²) in [5.41, 5.74) is 15.6. The minimum atomic E-state index is -0.996. The van der Waals surface area contributed by atoms with Gasteiger partial charge in [0, 0.05) is 17.8 Å². The number of aliphatic carboxylic acids is 1. The van der Waals surface area contributed by atoms with Crippen LogP contribution in [0.15, 0.2) is 12.1 Å². The zero-order valence-corrected chi connectivity index (χ0v) is 20.7. The number of aryl methyl sites for hydroxylation is 1. The van der Waals surface area contributed by atoms with Gasteiger partial charge in [0.1, 0.15) is 11.9 Å². The lowest BCUT2D eigenvalue weighted by Gasteiger charge is -2.32. The van der Waals surface area contributed by atoms with Gasteiger partial charge in [0.05, 0.1) is 22.6 Å². The van der Waals surface area contributed by atoms with Crippen molar-refractivity contribution in [2.75, 3.05) is 5.32 Å². The molecule has 1 atom stereocenters. The van der Waals surface area contributed by atoms with Crippen LogP contribution < -0.4 is 16.8 Å². The van der Waals surface area contributed by atoms with Gasteiger partial charge in [0.15, 0.2) is 0 Å². The van der Waals surface area contributed by atoms with Crippen LogP contribution in [0.3, 0.4) is 0 Å². The number of amides is 1. The summed E-state index contributed by atoms with van der Waals surface area (Å²) in [5.74, 6) is -2.62. The second kappa shape index (κ2) is 9.60. The van der Waals surface area contributed by atoms with E-state index < -0.39 is 23.7 Å². The van der Waals surface area contributed by atoms with Crippen molar-refractivity contribution in [3.8, 4) is 5.69 Å². The molecule has 6 N–H and O–H groups in total. The first kappa shape index (κ1) is 25.2. The van der Waals surface area contributed by atoms with Crippen LogP contribution in [0.2, 0.25) is 0 Å². The van der Waals surface area contributed by atoms with Crippen molar-refractivity contribution in [2.45, 2.75) is 84.2 Å². The smallest absolute Gasteiger partial charge is 0.320 e. The highest BCUT2D eigenvalue weighted by atomic mass is 19.1. The lowest BCUT2D eigenvalue weighted by molar-refractivity contribution is -0.140. The monoisotopic (exact) mass is 485 g/mol. The molecule has 1 amide bonds. The fourth-order valence-corrected chi connectivity index (χ4v) is 5.63. The van der Waals surface area contributed by atoms with Crippen molar-refractivity contribution in [3.63, 3.8) is 0 Å². The van der Waals surface area contributed by atoms with Gasteiger partial charge in [0.25, 0.3) is 5.91 Å². The number of nitrogens with zero attached hydrogens (tertiary/aromatic N) is 2. The van der Waals surface area contributed by atoms with Crippen LogP contribution in [0.4, 0.5) is 10.1 Å².